The van der Waals surface area contributed by atoms with Crippen molar-refractivity contribution in [1.29, 1.82) is 0 Å². The summed E-state index contributed by atoms with van der Waals surface area (Å²) in [6.45, 7) is 7.93. The van der Waals surface area contributed by atoms with Crippen molar-refractivity contribution in [1.82, 2.24) is 26.6 Å². The molecule has 18 nitrogen and oxygen atoms in total. The van der Waals surface area contributed by atoms with Crippen molar-refractivity contribution < 1.29 is 57.5 Å². The van der Waals surface area contributed by atoms with Gasteiger partial charge in [0.1, 0.15) is 23.4 Å². The highest BCUT2D eigenvalue weighted by Gasteiger charge is 2.31. The van der Waals surface area contributed by atoms with Crippen LogP contribution in [0.4, 0.5) is 0 Å². The van der Waals surface area contributed by atoms with E-state index in [1.54, 1.807) is 0 Å². The minimum absolute atomic E-state index is 0.270. The van der Waals surface area contributed by atoms with E-state index < -0.39 is 120 Å². The van der Waals surface area contributed by atoms with Crippen LogP contribution in [0.15, 0.2) is 0 Å². The first kappa shape index (κ1) is 44.0. The lowest BCUT2D eigenvalue weighted by Gasteiger charge is -2.23. The van der Waals surface area contributed by atoms with Gasteiger partial charge in [0.15, 0.2) is 23.1 Å². The maximum absolute atomic E-state index is 13.1. The van der Waals surface area contributed by atoms with E-state index in [1.807, 2.05) is 0 Å². The van der Waals surface area contributed by atoms with Crippen molar-refractivity contribution in [2.24, 2.45) is 5.73 Å². The highest BCUT2D eigenvalue weighted by Crippen LogP contribution is 2.05. The molecule has 0 aliphatic rings. The lowest BCUT2D eigenvalue weighted by molar-refractivity contribution is -0.135. The summed E-state index contributed by atoms with van der Waals surface area (Å²) in [6.07, 6.45) is -3.12. The zero-order chi connectivity index (χ0) is 38.2. The van der Waals surface area contributed by atoms with Crippen LogP contribution in [0.25, 0.3) is 0 Å². The molecule has 5 amide bonds. The predicted octanol–water partition coefficient (Wildman–Crippen LogP) is -2.80. The second-order valence-corrected chi connectivity index (χ2v) is 11.9. The summed E-state index contributed by atoms with van der Waals surface area (Å²) in [7, 11) is 0. The van der Waals surface area contributed by atoms with Gasteiger partial charge in [0, 0.05) is 19.3 Å². The van der Waals surface area contributed by atoms with Crippen LogP contribution in [0.5, 0.6) is 0 Å². The highest BCUT2D eigenvalue weighted by atomic mass is 16.2. The Morgan fingerprint density at radius 3 is 0.959 bits per heavy atom. The van der Waals surface area contributed by atoms with Crippen molar-refractivity contribution in [3.8, 4) is 0 Å². The van der Waals surface area contributed by atoms with Crippen molar-refractivity contribution >= 4 is 70.0 Å². The van der Waals surface area contributed by atoms with Crippen molar-refractivity contribution in [3.63, 3.8) is 0 Å². The van der Waals surface area contributed by atoms with Gasteiger partial charge in [-0.2, -0.15) is 0 Å². The molecule has 0 spiro atoms. The number of amides is 5. The van der Waals surface area contributed by atoms with E-state index in [0.29, 0.717) is 0 Å². The summed E-state index contributed by atoms with van der Waals surface area (Å²) < 4.78 is 0. The number of ketones is 7. The Balaban J connectivity index is 5.63. The Hall–Kier alpha value is -5.00. The third-order valence-electron chi connectivity index (χ3n) is 6.91. The molecule has 0 aromatic carbocycles. The third-order valence-corrected chi connectivity index (χ3v) is 6.91. The first-order valence-corrected chi connectivity index (χ1v) is 15.3. The molecule has 6 unspecified atom stereocenters. The van der Waals surface area contributed by atoms with E-state index in [4.69, 9.17) is 5.73 Å². The molecule has 0 saturated heterocycles. The molecule has 0 bridgehead atoms. The first-order chi connectivity index (χ1) is 22.5. The van der Waals surface area contributed by atoms with Crippen molar-refractivity contribution in [2.45, 2.75) is 123 Å². The largest absolute Gasteiger partial charge is 0.346 e. The van der Waals surface area contributed by atoms with Crippen LogP contribution in [-0.4, -0.2) is 106 Å². The summed E-state index contributed by atoms with van der Waals surface area (Å²) in [6, 6.07) is -8.27. The second-order valence-electron chi connectivity index (χ2n) is 11.9. The predicted molar refractivity (Wildman–Crippen MR) is 170 cm³/mol. The van der Waals surface area contributed by atoms with Crippen LogP contribution >= 0.6 is 0 Å². The molecule has 7 N–H and O–H groups in total. The van der Waals surface area contributed by atoms with Gasteiger partial charge in [-0.25, -0.2) is 0 Å². The number of hydrogen-bond donors (Lipinski definition) is 6. The van der Waals surface area contributed by atoms with Crippen LogP contribution < -0.4 is 32.3 Å². The van der Waals surface area contributed by atoms with E-state index in [0.717, 1.165) is 27.7 Å². The molecule has 0 aliphatic carbocycles. The van der Waals surface area contributed by atoms with E-state index in [-0.39, 0.29) is 24.4 Å². The Labute approximate surface area is 283 Å². The summed E-state index contributed by atoms with van der Waals surface area (Å²) in [5, 5.41) is 11.4. The van der Waals surface area contributed by atoms with Gasteiger partial charge >= 0.3 is 0 Å². The molecule has 0 radical (unpaired) electrons. The van der Waals surface area contributed by atoms with Gasteiger partial charge in [0.05, 0.1) is 49.5 Å². The van der Waals surface area contributed by atoms with Crippen LogP contribution in [0, 0.1) is 0 Å². The van der Waals surface area contributed by atoms with Crippen LogP contribution in [-0.2, 0) is 57.5 Å². The lowest BCUT2D eigenvalue weighted by atomic mass is 10.0. The second kappa shape index (κ2) is 21.1. The van der Waals surface area contributed by atoms with Gasteiger partial charge in [0.2, 0.25) is 29.5 Å². The molecule has 0 aromatic heterocycles. The molecule has 0 aromatic rings. The molecular formula is C31H46N6O12. The van der Waals surface area contributed by atoms with Gasteiger partial charge < -0.3 is 32.3 Å². The van der Waals surface area contributed by atoms with Crippen molar-refractivity contribution in [2.75, 3.05) is 0 Å². The fourth-order valence-electron chi connectivity index (χ4n) is 4.24. The van der Waals surface area contributed by atoms with E-state index in [1.165, 1.54) is 20.8 Å². The van der Waals surface area contributed by atoms with E-state index >= 15 is 0 Å². The monoisotopic (exact) mass is 694 g/mol. The summed E-state index contributed by atoms with van der Waals surface area (Å²) in [4.78, 5) is 146. The molecule has 272 valence electrons. The molecule has 6 atom stereocenters. The number of hydrogen-bond acceptors (Lipinski definition) is 13. The molecule has 0 saturated carbocycles. The van der Waals surface area contributed by atoms with Gasteiger partial charge in [-0.3, -0.25) is 57.5 Å². The smallest absolute Gasteiger partial charge is 0.243 e. The number of Topliss-reactive ketones (excluding diaryl/α,β-unsaturated/α-hetero) is 7. The van der Waals surface area contributed by atoms with Gasteiger partial charge in [-0.15, -0.1) is 0 Å². The molecule has 0 aliphatic heterocycles. The topological polar surface area (TPSA) is 291 Å². The molecule has 0 rings (SSSR count). The van der Waals surface area contributed by atoms with Crippen LogP contribution in [0.2, 0.25) is 0 Å². The number of carbonyl (C=O) groups is 12. The maximum atomic E-state index is 13.1. The first-order valence-electron chi connectivity index (χ1n) is 15.3. The summed E-state index contributed by atoms with van der Waals surface area (Å²) >= 11 is 0. The Morgan fingerprint density at radius 2 is 0.633 bits per heavy atom. The Kier molecular flexibility index (Phi) is 18.9. The van der Waals surface area contributed by atoms with Gasteiger partial charge in [-0.05, 0) is 48.5 Å². The molecule has 18 heteroatoms. The molecule has 0 heterocycles. The average Bonchev–Trinajstić information content (AvgIpc) is 2.94. The molecule has 0 fully saturated rings. The fourth-order valence-corrected chi connectivity index (χ4v) is 4.24. The number of nitrogens with one attached hydrogen (secondary N) is 5. The maximum Gasteiger partial charge on any atom is 0.243 e. The van der Waals surface area contributed by atoms with E-state index in [2.05, 4.69) is 26.6 Å². The van der Waals surface area contributed by atoms with Crippen molar-refractivity contribution in [3.05, 3.63) is 0 Å². The minimum Gasteiger partial charge on any atom is -0.346 e. The summed E-state index contributed by atoms with van der Waals surface area (Å²) in [5.74, 6) is -8.43. The number of rotatable bonds is 23. The molecule has 49 heavy (non-hydrogen) atoms. The standard InChI is InChI=1S/C31H46N6O12/c1-14(38)8-21(32)30(48)36-24(19(6)43)12-29(47)35-26(10-16(3)40)31(49)37-25(20(7)44)13-28(46)34-23(18(5)42)11-27(45)33-22(17(4)41)9-15(2)39/h21-26H,8-13,32H2,1-7H3,(H,33,45)(H,34,46)(H,35,47)(H,36,48)(H,37,49). The summed E-state index contributed by atoms with van der Waals surface area (Å²) in [5.41, 5.74) is 5.63. The van der Waals surface area contributed by atoms with Gasteiger partial charge in [-0.1, -0.05) is 0 Å². The van der Waals surface area contributed by atoms with Crippen LogP contribution in [0.3, 0.4) is 0 Å². The zero-order valence-corrected chi connectivity index (χ0v) is 28.7. The lowest BCUT2D eigenvalue weighted by Crippen LogP contribution is -2.55. The Bertz CT molecular complexity index is 1360. The average molecular weight is 695 g/mol. The minimum atomic E-state index is -1.57. The quantitative estimate of drug-likeness (QED) is 0.0631. The highest BCUT2D eigenvalue weighted by molar-refractivity contribution is 5.99. The zero-order valence-electron chi connectivity index (χ0n) is 28.7. The van der Waals surface area contributed by atoms with Gasteiger partial charge in [0.25, 0.3) is 0 Å². The van der Waals surface area contributed by atoms with Crippen LogP contribution in [0.1, 0.15) is 87.0 Å². The van der Waals surface area contributed by atoms with E-state index in [9.17, 15) is 57.5 Å². The molecular weight excluding hydrogens is 648 g/mol. The number of carbonyl (C=O) groups excluding carboxylic acids is 12. The Morgan fingerprint density at radius 1 is 0.367 bits per heavy atom. The number of nitrogens with two attached hydrogens (primary N) is 1. The third kappa shape index (κ3) is 18.2. The normalized spacial score (nSPS) is 14.3. The SMILES string of the molecule is CC(=O)CC(N)C(=O)NC(CC(=O)NC(CC(C)=O)C(=O)NC(CC(=O)NC(CC(=O)NC(CC(C)=O)C(C)=O)C(C)=O)C(C)=O)C(C)=O. The fraction of sp³-hybridized carbons (Fsp3) is 0.613.